The Labute approximate surface area is 96.9 Å². The van der Waals surface area contributed by atoms with Crippen molar-refractivity contribution in [2.24, 2.45) is 33.9 Å². The van der Waals surface area contributed by atoms with E-state index in [9.17, 15) is 0 Å². The number of nitrogens with zero attached hydrogens (tertiary/aromatic N) is 2. The fourth-order valence-electron chi connectivity index (χ4n) is 6.53. The van der Waals surface area contributed by atoms with Crippen molar-refractivity contribution in [3.63, 3.8) is 0 Å². The van der Waals surface area contributed by atoms with Gasteiger partial charge in [0.05, 0.1) is 0 Å². The summed E-state index contributed by atoms with van der Waals surface area (Å²) in [4.78, 5) is 0. The Kier molecular flexibility index (Phi) is 1.29. The summed E-state index contributed by atoms with van der Waals surface area (Å²) in [5.41, 5.74) is 0.769. The smallest absolute Gasteiger partial charge is 0.114 e. The van der Waals surface area contributed by atoms with Crippen molar-refractivity contribution in [2.45, 2.75) is 62.4 Å². The van der Waals surface area contributed by atoms with Crippen LogP contribution in [0.15, 0.2) is 10.2 Å². The average molecular weight is 216 g/mol. The Balaban J connectivity index is 1.70. The average Bonchev–Trinajstić information content (AvgIpc) is 3.05. The second-order valence-corrected chi connectivity index (χ2v) is 6.95. The van der Waals surface area contributed by atoms with Gasteiger partial charge in [-0.15, -0.1) is 0 Å². The molecular weight excluding hydrogens is 196 g/mol. The Bertz CT molecular complexity index is 310. The van der Waals surface area contributed by atoms with Gasteiger partial charge >= 0.3 is 0 Å². The highest BCUT2D eigenvalue weighted by atomic mass is 15.4. The predicted octanol–water partition coefficient (Wildman–Crippen LogP) is 3.57. The van der Waals surface area contributed by atoms with Crippen molar-refractivity contribution in [2.75, 3.05) is 0 Å². The van der Waals surface area contributed by atoms with Gasteiger partial charge in [-0.2, -0.15) is 10.2 Å². The minimum absolute atomic E-state index is 0.384. The van der Waals surface area contributed by atoms with Crippen LogP contribution in [-0.4, -0.2) is 11.1 Å². The van der Waals surface area contributed by atoms with Gasteiger partial charge in [0.2, 0.25) is 0 Å². The molecule has 0 unspecified atom stereocenters. The number of hydrogen-bond donors (Lipinski definition) is 0. The summed E-state index contributed by atoms with van der Waals surface area (Å²) in [6, 6.07) is 0. The summed E-state index contributed by atoms with van der Waals surface area (Å²) in [5.74, 6) is 3.71. The van der Waals surface area contributed by atoms with Crippen LogP contribution in [0.4, 0.5) is 0 Å². The molecule has 5 rings (SSSR count). The Morgan fingerprint density at radius 3 is 0.938 bits per heavy atom. The van der Waals surface area contributed by atoms with Crippen molar-refractivity contribution < 1.29 is 0 Å². The Morgan fingerprint density at radius 2 is 0.750 bits per heavy atom. The first-order valence-corrected chi connectivity index (χ1v) is 7.32. The normalized spacial score (nSPS) is 65.0. The standard InChI is InChI=1S/C14H20N2/c1-2-10-4-3-9(1)13(10)14(16-15-13)11-5-6-12(14)8-7-11/h9-12H,1-8H2. The molecule has 4 saturated carbocycles. The largest absolute Gasteiger partial charge is 0.183 e. The summed E-state index contributed by atoms with van der Waals surface area (Å²) in [7, 11) is 0. The SMILES string of the molecule is C1CC2CCC1C21N=NC12C1CCC2CC1. The molecule has 2 heteroatoms. The van der Waals surface area contributed by atoms with E-state index in [2.05, 4.69) is 0 Å². The molecule has 0 atom stereocenters. The van der Waals surface area contributed by atoms with Gasteiger partial charge in [-0.3, -0.25) is 0 Å². The molecule has 5 aliphatic rings. The van der Waals surface area contributed by atoms with E-state index in [4.69, 9.17) is 10.2 Å². The summed E-state index contributed by atoms with van der Waals surface area (Å²) in [6.45, 7) is 0. The van der Waals surface area contributed by atoms with Gasteiger partial charge in [0.25, 0.3) is 0 Å². The topological polar surface area (TPSA) is 24.7 Å². The summed E-state index contributed by atoms with van der Waals surface area (Å²) >= 11 is 0. The molecule has 0 aromatic heterocycles. The highest BCUT2D eigenvalue weighted by Crippen LogP contribution is 2.73. The van der Waals surface area contributed by atoms with E-state index in [0.717, 1.165) is 23.7 Å². The van der Waals surface area contributed by atoms with Crippen LogP contribution in [0, 0.1) is 23.7 Å². The van der Waals surface area contributed by atoms with Gasteiger partial charge < -0.3 is 0 Å². The Hall–Kier alpha value is -0.400. The zero-order valence-electron chi connectivity index (χ0n) is 9.86. The lowest BCUT2D eigenvalue weighted by molar-refractivity contribution is 0.0389. The molecular formula is C14H20N2. The third-order valence-electron chi connectivity index (χ3n) is 6.97. The number of rotatable bonds is 0. The van der Waals surface area contributed by atoms with Crippen LogP contribution in [0.1, 0.15) is 51.4 Å². The van der Waals surface area contributed by atoms with Crippen LogP contribution >= 0.6 is 0 Å². The molecule has 0 aromatic carbocycles. The Morgan fingerprint density at radius 1 is 0.500 bits per heavy atom. The van der Waals surface area contributed by atoms with Crippen LogP contribution in [0.25, 0.3) is 0 Å². The molecule has 4 bridgehead atoms. The summed E-state index contributed by atoms with van der Waals surface area (Å²) in [6.07, 6.45) is 11.7. The molecule has 2 nitrogen and oxygen atoms in total. The van der Waals surface area contributed by atoms with E-state index in [1.54, 1.807) is 0 Å². The second-order valence-electron chi connectivity index (χ2n) is 6.95. The first kappa shape index (κ1) is 8.66. The molecule has 0 aromatic rings. The highest BCUT2D eigenvalue weighted by molar-refractivity contribution is 5.32. The molecule has 2 spiro atoms. The van der Waals surface area contributed by atoms with Gasteiger partial charge in [0, 0.05) is 0 Å². The molecule has 0 saturated heterocycles. The van der Waals surface area contributed by atoms with E-state index in [1.807, 2.05) is 0 Å². The lowest BCUT2D eigenvalue weighted by Crippen LogP contribution is -2.63. The van der Waals surface area contributed by atoms with Gasteiger partial charge in [0.1, 0.15) is 11.1 Å². The molecule has 4 aliphatic carbocycles. The molecule has 1 aliphatic heterocycles. The van der Waals surface area contributed by atoms with Crippen molar-refractivity contribution in [3.8, 4) is 0 Å². The van der Waals surface area contributed by atoms with Crippen molar-refractivity contribution in [1.29, 1.82) is 0 Å². The van der Waals surface area contributed by atoms with Crippen LogP contribution in [-0.2, 0) is 0 Å². The zero-order valence-corrected chi connectivity index (χ0v) is 9.86. The molecule has 4 fully saturated rings. The second kappa shape index (κ2) is 2.39. The van der Waals surface area contributed by atoms with Crippen LogP contribution in [0.5, 0.6) is 0 Å². The van der Waals surface area contributed by atoms with E-state index in [0.29, 0.717) is 11.1 Å². The van der Waals surface area contributed by atoms with Crippen molar-refractivity contribution in [1.82, 2.24) is 0 Å². The van der Waals surface area contributed by atoms with Gasteiger partial charge in [0.15, 0.2) is 0 Å². The predicted molar refractivity (Wildman–Crippen MR) is 61.2 cm³/mol. The minimum Gasteiger partial charge on any atom is -0.183 e. The maximum absolute atomic E-state index is 4.83. The maximum Gasteiger partial charge on any atom is 0.114 e. The molecule has 16 heavy (non-hydrogen) atoms. The van der Waals surface area contributed by atoms with E-state index < -0.39 is 0 Å². The maximum atomic E-state index is 4.83. The van der Waals surface area contributed by atoms with E-state index in [-0.39, 0.29) is 0 Å². The molecule has 1 heterocycles. The van der Waals surface area contributed by atoms with Crippen LogP contribution in [0.3, 0.4) is 0 Å². The molecule has 0 N–H and O–H groups in total. The van der Waals surface area contributed by atoms with Crippen LogP contribution < -0.4 is 0 Å². The lowest BCUT2D eigenvalue weighted by Gasteiger charge is -2.53. The zero-order chi connectivity index (χ0) is 10.4. The summed E-state index contributed by atoms with van der Waals surface area (Å²) in [5, 5.41) is 9.65. The van der Waals surface area contributed by atoms with E-state index in [1.165, 1.54) is 51.4 Å². The number of hydrogen-bond acceptors (Lipinski definition) is 2. The molecule has 0 amide bonds. The minimum atomic E-state index is 0.384. The monoisotopic (exact) mass is 216 g/mol. The van der Waals surface area contributed by atoms with Gasteiger partial charge in [-0.05, 0) is 75.0 Å². The fraction of sp³-hybridized carbons (Fsp3) is 1.00. The first-order chi connectivity index (χ1) is 7.88. The molecule has 86 valence electrons. The first-order valence-electron chi connectivity index (χ1n) is 7.32. The fourth-order valence-corrected chi connectivity index (χ4v) is 6.53. The number of azo groups is 1. The molecule has 0 radical (unpaired) electrons. The highest BCUT2D eigenvalue weighted by Gasteiger charge is 2.77. The quantitative estimate of drug-likeness (QED) is 0.591. The third kappa shape index (κ3) is 0.608. The van der Waals surface area contributed by atoms with E-state index >= 15 is 0 Å². The van der Waals surface area contributed by atoms with Crippen molar-refractivity contribution >= 4 is 0 Å². The lowest BCUT2D eigenvalue weighted by atomic mass is 9.63. The van der Waals surface area contributed by atoms with Gasteiger partial charge in [-0.1, -0.05) is 0 Å². The van der Waals surface area contributed by atoms with Crippen molar-refractivity contribution in [3.05, 3.63) is 0 Å². The van der Waals surface area contributed by atoms with Gasteiger partial charge in [-0.25, -0.2) is 0 Å². The third-order valence-corrected chi connectivity index (χ3v) is 6.97. The van der Waals surface area contributed by atoms with Crippen LogP contribution in [0.2, 0.25) is 0 Å². The summed E-state index contributed by atoms with van der Waals surface area (Å²) < 4.78 is 0.